The van der Waals surface area contributed by atoms with E-state index in [1.807, 2.05) is 19.1 Å². The highest BCUT2D eigenvalue weighted by Gasteiger charge is 2.21. The van der Waals surface area contributed by atoms with Crippen molar-refractivity contribution >= 4 is 11.7 Å². The van der Waals surface area contributed by atoms with E-state index in [4.69, 9.17) is 4.74 Å². The lowest BCUT2D eigenvalue weighted by atomic mass is 9.94. The molecule has 0 saturated carbocycles. The molecule has 0 amide bonds. The maximum absolute atomic E-state index is 11.9. The minimum absolute atomic E-state index is 0.192. The molecular formula is C14H20NO3+. The van der Waals surface area contributed by atoms with Gasteiger partial charge in [0, 0.05) is 21.8 Å². The van der Waals surface area contributed by atoms with E-state index in [-0.39, 0.29) is 11.9 Å². The zero-order valence-electron chi connectivity index (χ0n) is 11.2. The summed E-state index contributed by atoms with van der Waals surface area (Å²) in [6, 6.07) is 7.09. The van der Waals surface area contributed by atoms with Gasteiger partial charge in [0.1, 0.15) is 0 Å². The molecule has 0 aliphatic carbocycles. The third-order valence-corrected chi connectivity index (χ3v) is 2.81. The van der Waals surface area contributed by atoms with Gasteiger partial charge in [0.25, 0.3) is 5.69 Å². The van der Waals surface area contributed by atoms with E-state index in [1.54, 1.807) is 19.1 Å². The van der Waals surface area contributed by atoms with Gasteiger partial charge in [-0.05, 0) is 18.9 Å². The SMILES string of the molecule is CCCC(C(=O)OCC)c1ccc([N+](C)=O)cc1. The smallest absolute Gasteiger partial charge is 0.313 e. The number of nitrogens with zero attached hydrogens (tertiary/aromatic N) is 1. The molecule has 0 aromatic heterocycles. The first kappa shape index (κ1) is 14.4. The molecule has 0 aliphatic rings. The van der Waals surface area contributed by atoms with Crippen LogP contribution in [0.25, 0.3) is 0 Å². The molecule has 0 aliphatic heterocycles. The van der Waals surface area contributed by atoms with Crippen LogP contribution in [0.1, 0.15) is 38.2 Å². The number of benzene rings is 1. The van der Waals surface area contributed by atoms with E-state index in [0.717, 1.165) is 23.2 Å². The number of carbonyl (C=O) groups is 1. The molecule has 0 fully saturated rings. The van der Waals surface area contributed by atoms with Gasteiger partial charge in [0.15, 0.2) is 7.05 Å². The number of hydrogen-bond donors (Lipinski definition) is 0. The fourth-order valence-electron chi connectivity index (χ4n) is 1.87. The van der Waals surface area contributed by atoms with Gasteiger partial charge >= 0.3 is 5.97 Å². The minimum Gasteiger partial charge on any atom is -0.466 e. The number of carbonyl (C=O) groups excluding carboxylic acids is 1. The Bertz CT molecular complexity index is 412. The number of hydrogen-bond acceptors (Lipinski definition) is 3. The van der Waals surface area contributed by atoms with Crippen LogP contribution in [0.15, 0.2) is 24.3 Å². The van der Waals surface area contributed by atoms with Crippen LogP contribution in [-0.4, -0.2) is 24.4 Å². The van der Waals surface area contributed by atoms with E-state index in [1.165, 1.54) is 7.05 Å². The molecule has 0 spiro atoms. The monoisotopic (exact) mass is 250 g/mol. The quantitative estimate of drug-likeness (QED) is 0.575. The molecule has 0 radical (unpaired) electrons. The Kier molecular flexibility index (Phi) is 5.49. The molecule has 0 bridgehead atoms. The summed E-state index contributed by atoms with van der Waals surface area (Å²) in [4.78, 5) is 23.0. The second-order valence-electron chi connectivity index (χ2n) is 4.18. The highest BCUT2D eigenvalue weighted by atomic mass is 16.5. The second-order valence-corrected chi connectivity index (χ2v) is 4.18. The van der Waals surface area contributed by atoms with Crippen molar-refractivity contribution in [3.8, 4) is 0 Å². The van der Waals surface area contributed by atoms with Crippen LogP contribution in [0.5, 0.6) is 0 Å². The zero-order chi connectivity index (χ0) is 13.5. The Hall–Kier alpha value is -1.71. The van der Waals surface area contributed by atoms with Crippen LogP contribution in [0.4, 0.5) is 5.69 Å². The maximum Gasteiger partial charge on any atom is 0.313 e. The highest BCUT2D eigenvalue weighted by molar-refractivity contribution is 5.78. The average molecular weight is 250 g/mol. The first-order chi connectivity index (χ1) is 8.60. The topological polar surface area (TPSA) is 46.4 Å². The summed E-state index contributed by atoms with van der Waals surface area (Å²) in [7, 11) is 1.45. The summed E-state index contributed by atoms with van der Waals surface area (Å²) in [6.07, 6.45) is 1.66. The van der Waals surface area contributed by atoms with Crippen molar-refractivity contribution in [1.29, 1.82) is 0 Å². The summed E-state index contributed by atoms with van der Waals surface area (Å²) < 4.78 is 5.87. The Labute approximate surface area is 108 Å². The van der Waals surface area contributed by atoms with E-state index in [0.29, 0.717) is 12.3 Å². The molecule has 1 aromatic rings. The highest BCUT2D eigenvalue weighted by Crippen LogP contribution is 2.24. The summed E-state index contributed by atoms with van der Waals surface area (Å²) in [5.74, 6) is -0.427. The standard InChI is InChI=1S/C14H20NO3/c1-4-6-13(14(16)18-5-2)11-7-9-12(10-8-11)15(3)17/h7-10,13H,4-6H2,1-3H3/q+1. The maximum atomic E-state index is 11.9. The van der Waals surface area contributed by atoms with Gasteiger partial charge in [-0.2, -0.15) is 0 Å². The Balaban J connectivity index is 2.91. The lowest BCUT2D eigenvalue weighted by Gasteiger charge is -2.14. The molecular weight excluding hydrogens is 230 g/mol. The van der Waals surface area contributed by atoms with E-state index in [9.17, 15) is 9.70 Å². The molecule has 0 N–H and O–H groups in total. The minimum atomic E-state index is -0.235. The molecule has 18 heavy (non-hydrogen) atoms. The molecule has 1 aromatic carbocycles. The summed E-state index contributed by atoms with van der Waals surface area (Å²) in [5, 5.41) is 0. The number of nitroso groups, excluding NO2 is 1. The lowest BCUT2D eigenvalue weighted by Crippen LogP contribution is -2.16. The molecule has 1 atom stereocenters. The van der Waals surface area contributed by atoms with Crippen molar-refractivity contribution < 1.29 is 14.3 Å². The number of ether oxygens (including phenoxy) is 1. The molecule has 4 heteroatoms. The Morgan fingerprint density at radius 3 is 2.33 bits per heavy atom. The fraction of sp³-hybridized carbons (Fsp3) is 0.500. The van der Waals surface area contributed by atoms with Gasteiger partial charge in [0.05, 0.1) is 12.5 Å². The molecule has 0 heterocycles. The number of rotatable bonds is 6. The van der Waals surface area contributed by atoms with Crippen molar-refractivity contribution in [2.75, 3.05) is 13.7 Å². The summed E-state index contributed by atoms with van der Waals surface area (Å²) >= 11 is 0. The molecule has 98 valence electrons. The first-order valence-electron chi connectivity index (χ1n) is 6.27. The van der Waals surface area contributed by atoms with Gasteiger partial charge in [0.2, 0.25) is 0 Å². The predicted octanol–water partition coefficient (Wildman–Crippen LogP) is 3.17. The van der Waals surface area contributed by atoms with E-state index < -0.39 is 0 Å². The van der Waals surface area contributed by atoms with Crippen LogP contribution in [0.2, 0.25) is 0 Å². The third kappa shape index (κ3) is 3.65. The molecule has 4 nitrogen and oxygen atoms in total. The Morgan fingerprint density at radius 1 is 1.28 bits per heavy atom. The molecule has 0 saturated heterocycles. The van der Waals surface area contributed by atoms with Gasteiger partial charge in [-0.1, -0.05) is 25.5 Å². The zero-order valence-corrected chi connectivity index (χ0v) is 11.2. The average Bonchev–Trinajstić information content (AvgIpc) is 2.36. The lowest BCUT2D eigenvalue weighted by molar-refractivity contribution is -0.428. The predicted molar refractivity (Wildman–Crippen MR) is 69.9 cm³/mol. The van der Waals surface area contributed by atoms with Gasteiger partial charge in [-0.15, -0.1) is 0 Å². The number of esters is 1. The summed E-state index contributed by atoms with van der Waals surface area (Å²) in [6.45, 7) is 4.23. The second kappa shape index (κ2) is 6.89. The molecule has 1 unspecified atom stereocenters. The normalized spacial score (nSPS) is 11.9. The van der Waals surface area contributed by atoms with Crippen molar-refractivity contribution in [1.82, 2.24) is 0 Å². The first-order valence-corrected chi connectivity index (χ1v) is 6.27. The van der Waals surface area contributed by atoms with Crippen molar-refractivity contribution in [3.63, 3.8) is 0 Å². The van der Waals surface area contributed by atoms with E-state index in [2.05, 4.69) is 0 Å². The van der Waals surface area contributed by atoms with Crippen molar-refractivity contribution in [2.45, 2.75) is 32.6 Å². The van der Waals surface area contributed by atoms with Crippen LogP contribution >= 0.6 is 0 Å². The van der Waals surface area contributed by atoms with E-state index >= 15 is 0 Å². The molecule has 1 rings (SSSR count). The van der Waals surface area contributed by atoms with Gasteiger partial charge in [-0.3, -0.25) is 4.79 Å². The van der Waals surface area contributed by atoms with Crippen LogP contribution in [-0.2, 0) is 9.53 Å². The van der Waals surface area contributed by atoms with Crippen molar-refractivity contribution in [2.24, 2.45) is 0 Å². The van der Waals surface area contributed by atoms with Crippen molar-refractivity contribution in [3.05, 3.63) is 34.7 Å². The Morgan fingerprint density at radius 2 is 1.89 bits per heavy atom. The third-order valence-electron chi connectivity index (χ3n) is 2.81. The summed E-state index contributed by atoms with van der Waals surface area (Å²) in [5.41, 5.74) is 1.48. The van der Waals surface area contributed by atoms with Crippen LogP contribution in [0, 0.1) is 4.91 Å². The van der Waals surface area contributed by atoms with Crippen LogP contribution < -0.4 is 0 Å². The van der Waals surface area contributed by atoms with Gasteiger partial charge in [-0.25, -0.2) is 0 Å². The van der Waals surface area contributed by atoms with Gasteiger partial charge < -0.3 is 4.74 Å². The van der Waals surface area contributed by atoms with Crippen LogP contribution in [0.3, 0.4) is 0 Å². The fourth-order valence-corrected chi connectivity index (χ4v) is 1.87. The largest absolute Gasteiger partial charge is 0.466 e.